The highest BCUT2D eigenvalue weighted by Crippen LogP contribution is 2.32. The lowest BCUT2D eigenvalue weighted by Gasteiger charge is -2.23. The van der Waals surface area contributed by atoms with E-state index in [1.807, 2.05) is 6.92 Å². The van der Waals surface area contributed by atoms with Crippen LogP contribution in [0, 0.1) is 0 Å². The van der Waals surface area contributed by atoms with Crippen molar-refractivity contribution in [3.63, 3.8) is 0 Å². The molecule has 0 fully saturated rings. The van der Waals surface area contributed by atoms with Crippen molar-refractivity contribution in [2.75, 3.05) is 6.61 Å². The minimum Gasteiger partial charge on any atom is -0.486 e. The second-order valence-electron chi connectivity index (χ2n) is 3.21. The fraction of sp³-hybridized carbons (Fsp3) is 0.300. The molecular formula is C10H10O4. The number of hydrogen-bond acceptors (Lipinski definition) is 3. The van der Waals surface area contributed by atoms with E-state index in [1.54, 1.807) is 6.07 Å². The van der Waals surface area contributed by atoms with E-state index in [2.05, 4.69) is 0 Å². The molecule has 0 amide bonds. The SMILES string of the molecule is C[C@@H]1COc2ccc(C(=O)O)cc2O1. The molecule has 1 aliphatic rings. The Morgan fingerprint density at radius 3 is 3.00 bits per heavy atom. The summed E-state index contributed by atoms with van der Waals surface area (Å²) >= 11 is 0. The first kappa shape index (κ1) is 8.87. The molecule has 1 N–H and O–H groups in total. The van der Waals surface area contributed by atoms with Crippen LogP contribution in [0.1, 0.15) is 17.3 Å². The first-order chi connectivity index (χ1) is 6.66. The van der Waals surface area contributed by atoms with Crippen molar-refractivity contribution in [3.05, 3.63) is 23.8 Å². The van der Waals surface area contributed by atoms with Gasteiger partial charge in [-0.25, -0.2) is 4.79 Å². The minimum atomic E-state index is -0.963. The summed E-state index contributed by atoms with van der Waals surface area (Å²) in [6.45, 7) is 2.37. The van der Waals surface area contributed by atoms with Crippen LogP contribution in [0.2, 0.25) is 0 Å². The third-order valence-corrected chi connectivity index (χ3v) is 1.99. The van der Waals surface area contributed by atoms with Crippen molar-refractivity contribution < 1.29 is 19.4 Å². The summed E-state index contributed by atoms with van der Waals surface area (Å²) in [7, 11) is 0. The lowest BCUT2D eigenvalue weighted by Crippen LogP contribution is -2.25. The van der Waals surface area contributed by atoms with E-state index < -0.39 is 5.97 Å². The van der Waals surface area contributed by atoms with E-state index in [-0.39, 0.29) is 11.7 Å². The molecule has 74 valence electrons. The minimum absolute atomic E-state index is 0.0356. The van der Waals surface area contributed by atoms with Crippen LogP contribution in [0.4, 0.5) is 0 Å². The second kappa shape index (κ2) is 3.21. The topological polar surface area (TPSA) is 55.8 Å². The van der Waals surface area contributed by atoms with Crippen molar-refractivity contribution in [1.82, 2.24) is 0 Å². The number of aromatic carboxylic acids is 1. The summed E-state index contributed by atoms with van der Waals surface area (Å²) in [4.78, 5) is 10.7. The predicted octanol–water partition coefficient (Wildman–Crippen LogP) is 1.54. The van der Waals surface area contributed by atoms with Gasteiger partial charge in [0, 0.05) is 0 Å². The van der Waals surface area contributed by atoms with Crippen molar-refractivity contribution in [2.45, 2.75) is 13.0 Å². The van der Waals surface area contributed by atoms with Crippen LogP contribution >= 0.6 is 0 Å². The Kier molecular flexibility index (Phi) is 2.04. The average Bonchev–Trinajstić information content (AvgIpc) is 2.16. The van der Waals surface area contributed by atoms with Crippen molar-refractivity contribution >= 4 is 5.97 Å². The molecule has 14 heavy (non-hydrogen) atoms. The van der Waals surface area contributed by atoms with Crippen LogP contribution in [0.3, 0.4) is 0 Å². The monoisotopic (exact) mass is 194 g/mol. The van der Waals surface area contributed by atoms with E-state index >= 15 is 0 Å². The van der Waals surface area contributed by atoms with Gasteiger partial charge in [-0.15, -0.1) is 0 Å². The van der Waals surface area contributed by atoms with Gasteiger partial charge < -0.3 is 14.6 Å². The number of carboxylic acids is 1. The molecule has 0 bridgehead atoms. The molecular weight excluding hydrogens is 184 g/mol. The van der Waals surface area contributed by atoms with Gasteiger partial charge in [-0.3, -0.25) is 0 Å². The standard InChI is InChI=1S/C10H10O4/c1-6-5-13-8-3-2-7(10(11)12)4-9(8)14-6/h2-4,6H,5H2,1H3,(H,11,12)/t6-/m1/s1. The van der Waals surface area contributed by atoms with Gasteiger partial charge in [0.05, 0.1) is 5.56 Å². The highest BCUT2D eigenvalue weighted by molar-refractivity contribution is 5.88. The van der Waals surface area contributed by atoms with Gasteiger partial charge in [0.25, 0.3) is 0 Å². The smallest absolute Gasteiger partial charge is 0.335 e. The van der Waals surface area contributed by atoms with E-state index in [4.69, 9.17) is 14.6 Å². The summed E-state index contributed by atoms with van der Waals surface area (Å²) in [6.07, 6.45) is -0.0356. The largest absolute Gasteiger partial charge is 0.486 e. The maximum atomic E-state index is 10.7. The number of benzene rings is 1. The molecule has 0 unspecified atom stereocenters. The number of hydrogen-bond donors (Lipinski definition) is 1. The van der Waals surface area contributed by atoms with Crippen molar-refractivity contribution in [2.24, 2.45) is 0 Å². The zero-order valence-corrected chi connectivity index (χ0v) is 7.69. The van der Waals surface area contributed by atoms with Crippen molar-refractivity contribution in [3.8, 4) is 11.5 Å². The van der Waals surface area contributed by atoms with Gasteiger partial charge in [0.1, 0.15) is 12.7 Å². The highest BCUT2D eigenvalue weighted by atomic mass is 16.6. The van der Waals surface area contributed by atoms with Crippen LogP contribution in [0.15, 0.2) is 18.2 Å². The Labute approximate surface area is 81.1 Å². The third-order valence-electron chi connectivity index (χ3n) is 1.99. The molecule has 4 heteroatoms. The summed E-state index contributed by atoms with van der Waals surface area (Å²) < 4.78 is 10.8. The molecule has 2 rings (SSSR count). The van der Waals surface area contributed by atoms with Gasteiger partial charge in [-0.05, 0) is 25.1 Å². The van der Waals surface area contributed by atoms with Gasteiger partial charge >= 0.3 is 5.97 Å². The number of rotatable bonds is 1. The van der Waals surface area contributed by atoms with Gasteiger partial charge in [-0.1, -0.05) is 0 Å². The maximum absolute atomic E-state index is 10.7. The normalized spacial score (nSPS) is 19.1. The molecule has 0 saturated carbocycles. The number of carboxylic acid groups (broad SMARTS) is 1. The highest BCUT2D eigenvalue weighted by Gasteiger charge is 2.18. The lowest BCUT2D eigenvalue weighted by molar-refractivity contribution is 0.0693. The molecule has 4 nitrogen and oxygen atoms in total. The predicted molar refractivity (Wildman–Crippen MR) is 49.0 cm³/mol. The molecule has 1 aliphatic heterocycles. The molecule has 1 aromatic rings. The summed E-state index contributed by atoms with van der Waals surface area (Å²) in [5.74, 6) is 0.145. The van der Waals surface area contributed by atoms with Crippen LogP contribution in [0.5, 0.6) is 11.5 Å². The molecule has 0 saturated heterocycles. The molecule has 0 aliphatic carbocycles. The average molecular weight is 194 g/mol. The third kappa shape index (κ3) is 1.51. The Morgan fingerprint density at radius 2 is 2.29 bits per heavy atom. The summed E-state index contributed by atoms with van der Waals surface area (Å²) in [5.41, 5.74) is 0.210. The Morgan fingerprint density at radius 1 is 1.50 bits per heavy atom. The zero-order valence-electron chi connectivity index (χ0n) is 7.69. The van der Waals surface area contributed by atoms with Crippen molar-refractivity contribution in [1.29, 1.82) is 0 Å². The first-order valence-electron chi connectivity index (χ1n) is 4.33. The van der Waals surface area contributed by atoms with Gasteiger partial charge in [0.2, 0.25) is 0 Å². The Bertz CT molecular complexity index is 372. The second-order valence-corrected chi connectivity index (χ2v) is 3.21. The van der Waals surface area contributed by atoms with E-state index in [0.717, 1.165) is 0 Å². The van der Waals surface area contributed by atoms with E-state index in [9.17, 15) is 4.79 Å². The zero-order chi connectivity index (χ0) is 10.1. The van der Waals surface area contributed by atoms with Gasteiger partial charge in [0.15, 0.2) is 11.5 Å². The van der Waals surface area contributed by atoms with Crippen LogP contribution in [0.25, 0.3) is 0 Å². The van der Waals surface area contributed by atoms with Gasteiger partial charge in [-0.2, -0.15) is 0 Å². The first-order valence-corrected chi connectivity index (χ1v) is 4.33. The number of fused-ring (bicyclic) bond motifs is 1. The maximum Gasteiger partial charge on any atom is 0.335 e. The molecule has 1 heterocycles. The van der Waals surface area contributed by atoms with Crippen LogP contribution < -0.4 is 9.47 Å². The number of carbonyl (C=O) groups is 1. The molecule has 1 aromatic carbocycles. The molecule has 1 atom stereocenters. The summed E-state index contributed by atoms with van der Waals surface area (Å²) in [6, 6.07) is 4.60. The van der Waals surface area contributed by atoms with E-state index in [1.165, 1.54) is 12.1 Å². The van der Waals surface area contributed by atoms with Crippen LogP contribution in [-0.4, -0.2) is 23.8 Å². The fourth-order valence-corrected chi connectivity index (χ4v) is 1.31. The quantitative estimate of drug-likeness (QED) is 0.736. The van der Waals surface area contributed by atoms with Crippen LogP contribution in [-0.2, 0) is 0 Å². The molecule has 0 aromatic heterocycles. The lowest BCUT2D eigenvalue weighted by atomic mass is 10.2. The Balaban J connectivity index is 2.37. The number of ether oxygens (including phenoxy) is 2. The summed E-state index contributed by atoms with van der Waals surface area (Å²) in [5, 5.41) is 8.76. The van der Waals surface area contributed by atoms with E-state index in [0.29, 0.717) is 18.1 Å². The Hall–Kier alpha value is -1.71. The molecule has 0 spiro atoms. The fourth-order valence-electron chi connectivity index (χ4n) is 1.31. The molecule has 0 radical (unpaired) electrons.